The lowest BCUT2D eigenvalue weighted by molar-refractivity contribution is 0.432. The van der Waals surface area contributed by atoms with Crippen molar-refractivity contribution in [2.75, 3.05) is 0 Å². The van der Waals surface area contributed by atoms with E-state index in [0.29, 0.717) is 12.1 Å². The van der Waals surface area contributed by atoms with Gasteiger partial charge < -0.3 is 9.88 Å². The van der Waals surface area contributed by atoms with E-state index >= 15 is 0 Å². The fourth-order valence-corrected chi connectivity index (χ4v) is 2.14. The van der Waals surface area contributed by atoms with Crippen molar-refractivity contribution in [3.8, 4) is 0 Å². The van der Waals surface area contributed by atoms with Crippen LogP contribution in [-0.2, 0) is 6.54 Å². The molecule has 0 aliphatic heterocycles. The first kappa shape index (κ1) is 15.2. The van der Waals surface area contributed by atoms with Gasteiger partial charge in [0.1, 0.15) is 0 Å². The van der Waals surface area contributed by atoms with Crippen LogP contribution in [0.15, 0.2) is 12.5 Å². The Kier molecular flexibility index (Phi) is 6.41. The van der Waals surface area contributed by atoms with Crippen LogP contribution in [0.1, 0.15) is 65.6 Å². The molecule has 0 radical (unpaired) electrons. The van der Waals surface area contributed by atoms with Gasteiger partial charge >= 0.3 is 0 Å². The molecule has 3 nitrogen and oxygen atoms in total. The van der Waals surface area contributed by atoms with E-state index in [0.717, 1.165) is 12.5 Å². The number of nitrogens with zero attached hydrogens (tertiary/aromatic N) is 2. The molecule has 3 heteroatoms. The molecule has 1 heterocycles. The highest BCUT2D eigenvalue weighted by Crippen LogP contribution is 2.18. The van der Waals surface area contributed by atoms with Crippen molar-refractivity contribution < 1.29 is 0 Å². The lowest BCUT2D eigenvalue weighted by atomic mass is 10.0. The first-order chi connectivity index (χ1) is 8.50. The maximum Gasteiger partial charge on any atom is 0.0951 e. The molecule has 0 aromatic carbocycles. The summed E-state index contributed by atoms with van der Waals surface area (Å²) < 4.78 is 2.32. The minimum Gasteiger partial charge on any atom is -0.331 e. The van der Waals surface area contributed by atoms with Crippen molar-refractivity contribution in [2.24, 2.45) is 5.92 Å². The molecule has 1 rings (SSSR count). The number of rotatable bonds is 8. The summed E-state index contributed by atoms with van der Waals surface area (Å²) in [6.07, 6.45) is 7.81. The molecule has 1 atom stereocenters. The van der Waals surface area contributed by atoms with Crippen LogP contribution in [0, 0.1) is 5.92 Å². The van der Waals surface area contributed by atoms with Crippen LogP contribution in [0.3, 0.4) is 0 Å². The van der Waals surface area contributed by atoms with Crippen LogP contribution in [0.25, 0.3) is 0 Å². The zero-order chi connectivity index (χ0) is 13.5. The van der Waals surface area contributed by atoms with Gasteiger partial charge in [0.15, 0.2) is 0 Å². The monoisotopic (exact) mass is 251 g/mol. The van der Waals surface area contributed by atoms with E-state index in [4.69, 9.17) is 0 Å². The van der Waals surface area contributed by atoms with Crippen LogP contribution in [0.2, 0.25) is 0 Å². The third kappa shape index (κ3) is 5.21. The summed E-state index contributed by atoms with van der Waals surface area (Å²) in [6, 6.07) is 1.07. The minimum absolute atomic E-state index is 0.518. The Bertz CT molecular complexity index is 328. The molecule has 0 aliphatic rings. The summed E-state index contributed by atoms with van der Waals surface area (Å²) in [5.41, 5.74) is 1.29. The van der Waals surface area contributed by atoms with E-state index in [1.165, 1.54) is 25.0 Å². The van der Waals surface area contributed by atoms with Crippen LogP contribution >= 0.6 is 0 Å². The van der Waals surface area contributed by atoms with E-state index in [-0.39, 0.29) is 0 Å². The van der Waals surface area contributed by atoms with Gasteiger partial charge in [-0.2, -0.15) is 0 Å². The lowest BCUT2D eigenvalue weighted by Crippen LogP contribution is -2.24. The van der Waals surface area contributed by atoms with Crippen molar-refractivity contribution in [3.63, 3.8) is 0 Å². The molecule has 1 N–H and O–H groups in total. The maximum atomic E-state index is 4.29. The van der Waals surface area contributed by atoms with Crippen molar-refractivity contribution in [1.82, 2.24) is 14.9 Å². The van der Waals surface area contributed by atoms with E-state index in [1.54, 1.807) is 0 Å². The van der Waals surface area contributed by atoms with Gasteiger partial charge in [0, 0.05) is 24.8 Å². The number of hydrogen-bond donors (Lipinski definition) is 1. The van der Waals surface area contributed by atoms with Crippen LogP contribution in [0.5, 0.6) is 0 Å². The molecule has 0 aliphatic carbocycles. The van der Waals surface area contributed by atoms with Gasteiger partial charge in [-0.05, 0) is 19.3 Å². The first-order valence-corrected chi connectivity index (χ1v) is 7.24. The van der Waals surface area contributed by atoms with E-state index in [1.807, 2.05) is 12.5 Å². The zero-order valence-electron chi connectivity index (χ0n) is 12.6. The highest BCUT2D eigenvalue weighted by molar-refractivity contribution is 5.00. The number of imidazole rings is 1. The number of nitrogens with one attached hydrogen (secondary N) is 1. The predicted molar refractivity (Wildman–Crippen MR) is 77.6 cm³/mol. The molecule has 0 spiro atoms. The summed E-state index contributed by atoms with van der Waals surface area (Å²) in [5, 5.41) is 3.46. The molecule has 18 heavy (non-hydrogen) atoms. The smallest absolute Gasteiger partial charge is 0.0951 e. The molecule has 0 bridgehead atoms. The maximum absolute atomic E-state index is 4.29. The molecular formula is C15H29N3. The highest BCUT2D eigenvalue weighted by Gasteiger charge is 2.09. The third-order valence-corrected chi connectivity index (χ3v) is 3.32. The molecule has 0 saturated carbocycles. The molecule has 104 valence electrons. The predicted octanol–water partition coefficient (Wildman–Crippen LogP) is 3.77. The Morgan fingerprint density at radius 1 is 1.17 bits per heavy atom. The molecular weight excluding hydrogens is 222 g/mol. The highest BCUT2D eigenvalue weighted by atomic mass is 15.1. The quantitative estimate of drug-likeness (QED) is 0.762. The van der Waals surface area contributed by atoms with Crippen molar-refractivity contribution >= 4 is 0 Å². The second kappa shape index (κ2) is 7.57. The number of aromatic nitrogens is 2. The van der Waals surface area contributed by atoms with E-state index < -0.39 is 0 Å². The fraction of sp³-hybridized carbons (Fsp3) is 0.800. The molecule has 0 fully saturated rings. The second-order valence-corrected chi connectivity index (χ2v) is 6.00. The zero-order valence-corrected chi connectivity index (χ0v) is 12.6. The summed E-state index contributed by atoms with van der Waals surface area (Å²) in [7, 11) is 0. The first-order valence-electron chi connectivity index (χ1n) is 7.24. The molecule has 1 unspecified atom stereocenters. The minimum atomic E-state index is 0.518. The van der Waals surface area contributed by atoms with E-state index in [9.17, 15) is 0 Å². The molecule has 0 saturated heterocycles. The SMILES string of the molecule is CC(C)CCCC(C)n1cncc1CNC(C)C. The summed E-state index contributed by atoms with van der Waals surface area (Å²) in [5.74, 6) is 0.807. The van der Waals surface area contributed by atoms with Gasteiger partial charge in [0.2, 0.25) is 0 Å². The average Bonchev–Trinajstić information content (AvgIpc) is 2.73. The molecule has 1 aromatic rings. The standard InChI is InChI=1S/C15H29N3/c1-12(2)7-6-8-14(5)18-11-16-9-15(18)10-17-13(3)4/h9,11-14,17H,6-8,10H2,1-5H3. The summed E-state index contributed by atoms with van der Waals surface area (Å²) in [4.78, 5) is 4.29. The van der Waals surface area contributed by atoms with Crippen LogP contribution in [-0.4, -0.2) is 15.6 Å². The average molecular weight is 251 g/mol. The van der Waals surface area contributed by atoms with Gasteiger partial charge in [-0.15, -0.1) is 0 Å². The molecule has 0 amide bonds. The third-order valence-electron chi connectivity index (χ3n) is 3.32. The normalized spacial score (nSPS) is 13.5. The van der Waals surface area contributed by atoms with Crippen molar-refractivity contribution in [3.05, 3.63) is 18.2 Å². The Hall–Kier alpha value is -0.830. The van der Waals surface area contributed by atoms with Crippen LogP contribution < -0.4 is 5.32 Å². The lowest BCUT2D eigenvalue weighted by Gasteiger charge is -2.18. The Morgan fingerprint density at radius 3 is 2.50 bits per heavy atom. The second-order valence-electron chi connectivity index (χ2n) is 6.00. The Morgan fingerprint density at radius 2 is 1.89 bits per heavy atom. The van der Waals surface area contributed by atoms with Gasteiger partial charge in [0.25, 0.3) is 0 Å². The van der Waals surface area contributed by atoms with Gasteiger partial charge in [-0.25, -0.2) is 4.98 Å². The largest absolute Gasteiger partial charge is 0.331 e. The Balaban J connectivity index is 2.46. The molecule has 1 aromatic heterocycles. The summed E-state index contributed by atoms with van der Waals surface area (Å²) in [6.45, 7) is 12.1. The topological polar surface area (TPSA) is 29.9 Å². The van der Waals surface area contributed by atoms with E-state index in [2.05, 4.69) is 49.5 Å². The van der Waals surface area contributed by atoms with Gasteiger partial charge in [-0.3, -0.25) is 0 Å². The van der Waals surface area contributed by atoms with Gasteiger partial charge in [0.05, 0.1) is 12.0 Å². The Labute approximate surface area is 112 Å². The van der Waals surface area contributed by atoms with Crippen molar-refractivity contribution in [1.29, 1.82) is 0 Å². The summed E-state index contributed by atoms with van der Waals surface area (Å²) >= 11 is 0. The number of hydrogen-bond acceptors (Lipinski definition) is 2. The fourth-order valence-electron chi connectivity index (χ4n) is 2.14. The van der Waals surface area contributed by atoms with Gasteiger partial charge in [-0.1, -0.05) is 40.5 Å². The van der Waals surface area contributed by atoms with Crippen LogP contribution in [0.4, 0.5) is 0 Å². The van der Waals surface area contributed by atoms with Crippen molar-refractivity contribution in [2.45, 2.75) is 72.5 Å².